The maximum absolute atomic E-state index is 10.0. The molecule has 0 spiro atoms. The number of anilines is 3. The molecule has 199 valence electrons. The van der Waals surface area contributed by atoms with Crippen molar-refractivity contribution in [2.75, 3.05) is 71.0 Å². The van der Waals surface area contributed by atoms with Crippen molar-refractivity contribution in [1.29, 1.82) is 0 Å². The summed E-state index contributed by atoms with van der Waals surface area (Å²) in [4.78, 5) is 11.6. The molecule has 0 aliphatic heterocycles. The van der Waals surface area contributed by atoms with Crippen molar-refractivity contribution in [2.24, 2.45) is 0 Å². The number of rotatable bonds is 22. The molecule has 12 nitrogen and oxygen atoms in total. The number of aliphatic hydroxyl groups is 1. The lowest BCUT2D eigenvalue weighted by Gasteiger charge is -2.38. The van der Waals surface area contributed by atoms with Crippen LogP contribution >= 0.6 is 0 Å². The number of hydrogen-bond donors (Lipinski definition) is 5. The summed E-state index contributed by atoms with van der Waals surface area (Å²) in [5.74, 6) is 0.587. The van der Waals surface area contributed by atoms with E-state index in [0.29, 0.717) is 32.3 Å². The molecular formula is C21H45N7O5Si-. The fourth-order valence-electron chi connectivity index (χ4n) is 3.42. The molecule has 0 aliphatic rings. The van der Waals surface area contributed by atoms with Crippen molar-refractivity contribution in [3.8, 4) is 0 Å². The van der Waals surface area contributed by atoms with Crippen LogP contribution in [0, 0.1) is 0 Å². The smallest absolute Gasteiger partial charge is 0.280 e. The molecule has 1 heterocycles. The van der Waals surface area contributed by atoms with Gasteiger partial charge in [-0.15, -0.1) is 0 Å². The van der Waals surface area contributed by atoms with Crippen LogP contribution in [0.1, 0.15) is 51.4 Å². The molecule has 0 radical (unpaired) electrons. The third-order valence-corrected chi connectivity index (χ3v) is 8.21. The van der Waals surface area contributed by atoms with E-state index < -0.39 is 14.9 Å². The molecule has 1 atom stereocenters. The molecule has 0 saturated carbocycles. The average molecular weight is 504 g/mol. The Balaban J connectivity index is 1.88. The molecule has 7 N–H and O–H groups in total. The summed E-state index contributed by atoms with van der Waals surface area (Å²) in [6.07, 6.45) is 8.07. The van der Waals surface area contributed by atoms with Gasteiger partial charge in [-0.25, -0.2) is 0 Å². The van der Waals surface area contributed by atoms with Crippen molar-refractivity contribution in [3.05, 3.63) is 0 Å². The maximum Gasteiger partial charge on any atom is 0.280 e. The molecule has 1 aromatic heterocycles. The quantitative estimate of drug-likeness (QED) is 0.114. The van der Waals surface area contributed by atoms with Crippen LogP contribution in [0.15, 0.2) is 0 Å². The van der Waals surface area contributed by atoms with Gasteiger partial charge in [0, 0.05) is 19.7 Å². The zero-order valence-electron chi connectivity index (χ0n) is 21.1. The Labute approximate surface area is 204 Å². The summed E-state index contributed by atoms with van der Waals surface area (Å²) in [5.41, 5.74) is 11.1. The van der Waals surface area contributed by atoms with Gasteiger partial charge in [0.2, 0.25) is 17.8 Å². The Morgan fingerprint density at radius 3 is 2.06 bits per heavy atom. The Kier molecular flexibility index (Phi) is 16.7. The SMILES string of the molecule is CO[Si-](CCCCCCCCOCC(O)CNCCCCNc1nc(N)nc(N)n1)(OC)OC. The highest BCUT2D eigenvalue weighted by molar-refractivity contribution is 6.60. The van der Waals surface area contributed by atoms with Crippen molar-refractivity contribution >= 4 is 26.6 Å². The molecule has 0 amide bonds. The number of nitrogens with two attached hydrogens (primary N) is 2. The monoisotopic (exact) mass is 503 g/mol. The number of ether oxygens (including phenoxy) is 1. The normalized spacial score (nSPS) is 12.7. The summed E-state index contributed by atoms with van der Waals surface area (Å²) in [7, 11) is 2.55. The number of aromatic nitrogens is 3. The number of nitrogens with zero attached hydrogens (tertiary/aromatic N) is 3. The second kappa shape index (κ2) is 18.7. The van der Waals surface area contributed by atoms with Gasteiger partial charge in [0.25, 0.3) is 8.80 Å². The number of aliphatic hydroxyl groups excluding tert-OH is 1. The van der Waals surface area contributed by atoms with Gasteiger partial charge in [0.05, 0.1) is 12.7 Å². The highest BCUT2D eigenvalue weighted by Crippen LogP contribution is 2.18. The average Bonchev–Trinajstić information content (AvgIpc) is 2.82. The first-order valence-corrected chi connectivity index (χ1v) is 14.0. The number of unbranched alkanes of at least 4 members (excludes halogenated alkanes) is 6. The van der Waals surface area contributed by atoms with E-state index in [9.17, 15) is 5.11 Å². The molecule has 13 heteroatoms. The first kappa shape index (κ1) is 30.4. The van der Waals surface area contributed by atoms with E-state index in [-0.39, 0.29) is 11.9 Å². The Morgan fingerprint density at radius 2 is 1.41 bits per heavy atom. The van der Waals surface area contributed by atoms with E-state index in [1.54, 1.807) is 21.3 Å². The highest BCUT2D eigenvalue weighted by Gasteiger charge is 2.20. The minimum Gasteiger partial charge on any atom is -0.527 e. The molecule has 0 bridgehead atoms. The molecule has 1 aromatic rings. The van der Waals surface area contributed by atoms with E-state index in [0.717, 1.165) is 51.1 Å². The largest absolute Gasteiger partial charge is 0.527 e. The van der Waals surface area contributed by atoms with Crippen molar-refractivity contribution < 1.29 is 23.1 Å². The summed E-state index contributed by atoms with van der Waals surface area (Å²) >= 11 is 0. The Hall–Kier alpha value is -1.61. The van der Waals surface area contributed by atoms with Crippen molar-refractivity contribution in [3.63, 3.8) is 0 Å². The zero-order chi connectivity index (χ0) is 25.1. The van der Waals surface area contributed by atoms with Crippen LogP contribution in [0.2, 0.25) is 6.04 Å². The van der Waals surface area contributed by atoms with Gasteiger partial charge in [-0.1, -0.05) is 38.1 Å². The van der Waals surface area contributed by atoms with Gasteiger partial charge in [-0.2, -0.15) is 15.0 Å². The summed E-state index contributed by atoms with van der Waals surface area (Å²) < 4.78 is 21.9. The van der Waals surface area contributed by atoms with Crippen molar-refractivity contribution in [1.82, 2.24) is 20.3 Å². The molecule has 1 unspecified atom stereocenters. The van der Waals surface area contributed by atoms with E-state index in [1.807, 2.05) is 0 Å². The van der Waals surface area contributed by atoms with Gasteiger partial charge in [-0.05, 0) is 47.1 Å². The fraction of sp³-hybridized carbons (Fsp3) is 0.857. The predicted octanol–water partition coefficient (Wildman–Crippen LogP) is 1.41. The van der Waals surface area contributed by atoms with Gasteiger partial charge in [0.1, 0.15) is 0 Å². The van der Waals surface area contributed by atoms with Gasteiger partial charge >= 0.3 is 0 Å². The first-order valence-electron chi connectivity index (χ1n) is 12.1. The lowest BCUT2D eigenvalue weighted by Crippen LogP contribution is -2.42. The van der Waals surface area contributed by atoms with Crippen LogP contribution in [-0.4, -0.2) is 89.1 Å². The number of nitrogens with one attached hydrogen (secondary N) is 2. The summed E-state index contributed by atoms with van der Waals surface area (Å²) in [6, 6.07) is 0.855. The van der Waals surface area contributed by atoms with E-state index in [1.165, 1.54) is 12.8 Å². The fourth-order valence-corrected chi connectivity index (χ4v) is 5.21. The minimum absolute atomic E-state index is 0.102. The van der Waals surface area contributed by atoms with E-state index in [2.05, 4.69) is 25.6 Å². The molecule has 0 fully saturated rings. The van der Waals surface area contributed by atoms with Gasteiger partial charge in [-0.3, -0.25) is 0 Å². The van der Waals surface area contributed by atoms with E-state index in [4.69, 9.17) is 29.5 Å². The van der Waals surface area contributed by atoms with Crippen LogP contribution in [-0.2, 0) is 18.0 Å². The lowest BCUT2D eigenvalue weighted by molar-refractivity contribution is 0.0355. The Morgan fingerprint density at radius 1 is 0.824 bits per heavy atom. The van der Waals surface area contributed by atoms with Crippen LogP contribution in [0.5, 0.6) is 0 Å². The van der Waals surface area contributed by atoms with Crippen LogP contribution in [0.3, 0.4) is 0 Å². The van der Waals surface area contributed by atoms with Gasteiger partial charge in [0.15, 0.2) is 0 Å². The first-order chi connectivity index (χ1) is 16.4. The molecule has 0 aliphatic carbocycles. The molecule has 34 heavy (non-hydrogen) atoms. The molecule has 0 aromatic carbocycles. The number of nitrogen functional groups attached to an aromatic ring is 2. The summed E-state index contributed by atoms with van der Waals surface area (Å²) in [6.45, 7) is 3.06. The molecule has 1 rings (SSSR count). The third-order valence-electron chi connectivity index (χ3n) is 5.38. The lowest BCUT2D eigenvalue weighted by atomic mass is 10.1. The minimum atomic E-state index is -2.42. The summed E-state index contributed by atoms with van der Waals surface area (Å²) in [5, 5.41) is 16.3. The second-order valence-electron chi connectivity index (χ2n) is 8.11. The van der Waals surface area contributed by atoms with Crippen LogP contribution in [0.4, 0.5) is 17.8 Å². The molecular weight excluding hydrogens is 458 g/mol. The molecule has 0 saturated heterocycles. The second-order valence-corrected chi connectivity index (χ2v) is 11.2. The number of hydrogen-bond acceptors (Lipinski definition) is 12. The topological polar surface area (TPSA) is 172 Å². The third kappa shape index (κ3) is 13.9. The van der Waals surface area contributed by atoms with Gasteiger partial charge < -0.3 is 45.2 Å². The van der Waals surface area contributed by atoms with Crippen molar-refractivity contribution in [2.45, 2.75) is 63.5 Å². The highest BCUT2D eigenvalue weighted by atomic mass is 28.4. The Bertz CT molecular complexity index is 615. The predicted molar refractivity (Wildman–Crippen MR) is 135 cm³/mol. The van der Waals surface area contributed by atoms with E-state index >= 15 is 0 Å². The van der Waals surface area contributed by atoms with Crippen LogP contribution < -0.4 is 22.1 Å². The zero-order valence-corrected chi connectivity index (χ0v) is 22.1. The standard InChI is InChI=1S/C21H45N7O5Si/c1-30-34(31-2,32-3)15-11-7-5-4-6-10-14-33-17-18(29)16-24-12-8-9-13-25-21-27-19(22)26-20(23)28-21/h18,24,29H,4-17H2,1-3H3,(H5,22,23,25,26,27,28)/q-1. The van der Waals surface area contributed by atoms with Crippen LogP contribution in [0.25, 0.3) is 0 Å². The maximum atomic E-state index is 10.0.